The van der Waals surface area contributed by atoms with Gasteiger partial charge in [-0.05, 0) is 31.0 Å². The van der Waals surface area contributed by atoms with E-state index in [4.69, 9.17) is 23.7 Å². The van der Waals surface area contributed by atoms with Crippen molar-refractivity contribution >= 4 is 17.6 Å². The third-order valence-corrected chi connectivity index (χ3v) is 12.9. The number of rotatable bonds is 8. The van der Waals surface area contributed by atoms with Gasteiger partial charge in [0.1, 0.15) is 5.60 Å². The Labute approximate surface area is 263 Å². The highest BCUT2D eigenvalue weighted by Crippen LogP contribution is 2.79. The number of para-hydroxylation sites is 1. The molecule has 45 heavy (non-hydrogen) atoms. The van der Waals surface area contributed by atoms with Crippen molar-refractivity contribution in [2.75, 3.05) is 46.8 Å². The number of methoxy groups -OCH3 is 4. The molecule has 5 aliphatic carbocycles. The second-order valence-electron chi connectivity index (χ2n) is 14.2. The molecule has 12 nitrogen and oxygen atoms in total. The lowest BCUT2D eigenvalue weighted by atomic mass is 9.44. The van der Waals surface area contributed by atoms with Gasteiger partial charge in [-0.3, -0.25) is 9.69 Å². The van der Waals surface area contributed by atoms with Crippen LogP contribution in [-0.4, -0.2) is 127 Å². The minimum absolute atomic E-state index is 0.172. The number of carbonyl (C=O) groups is 2. The summed E-state index contributed by atoms with van der Waals surface area (Å²) in [6, 6.07) is 6.39. The Morgan fingerprint density at radius 2 is 1.69 bits per heavy atom. The van der Waals surface area contributed by atoms with E-state index in [0.29, 0.717) is 12.2 Å². The molecule has 6 fully saturated rings. The maximum Gasteiger partial charge on any atom is 0.340 e. The van der Waals surface area contributed by atoms with Gasteiger partial charge < -0.3 is 44.3 Å². The lowest BCUT2D eigenvalue weighted by Gasteiger charge is -2.69. The molecule has 1 heterocycles. The fourth-order valence-corrected chi connectivity index (χ4v) is 11.9. The van der Waals surface area contributed by atoms with Gasteiger partial charge in [0.2, 0.25) is 5.91 Å². The fourth-order valence-electron chi connectivity index (χ4n) is 11.9. The van der Waals surface area contributed by atoms with Gasteiger partial charge in [0.05, 0.1) is 47.4 Å². The molecule has 1 aromatic rings. The molecular formula is C33H46N2O10. The van der Waals surface area contributed by atoms with Crippen molar-refractivity contribution in [1.82, 2.24) is 4.90 Å². The number of anilines is 1. The first-order valence-electron chi connectivity index (χ1n) is 16.0. The molecule has 12 heteroatoms. The van der Waals surface area contributed by atoms with Crippen LogP contribution in [0.3, 0.4) is 0 Å². The molecule has 248 valence electrons. The summed E-state index contributed by atoms with van der Waals surface area (Å²) in [4.78, 5) is 28.4. The van der Waals surface area contributed by atoms with Gasteiger partial charge >= 0.3 is 5.97 Å². The zero-order valence-electron chi connectivity index (χ0n) is 26.8. The highest BCUT2D eigenvalue weighted by molar-refractivity contribution is 6.00. The predicted molar refractivity (Wildman–Crippen MR) is 159 cm³/mol. The van der Waals surface area contributed by atoms with Gasteiger partial charge in [-0.25, -0.2) is 4.79 Å². The number of nitrogens with one attached hydrogen (secondary N) is 1. The van der Waals surface area contributed by atoms with E-state index in [2.05, 4.69) is 10.2 Å². The first kappa shape index (κ1) is 31.4. The largest absolute Gasteiger partial charge is 0.451 e. The molecule has 0 aromatic heterocycles. The van der Waals surface area contributed by atoms with E-state index in [1.165, 1.54) is 6.92 Å². The molecule has 7 rings (SSSR count). The average molecular weight is 631 g/mol. The molecular weight excluding hydrogens is 584 g/mol. The molecule has 4 N–H and O–H groups in total. The van der Waals surface area contributed by atoms with Crippen molar-refractivity contribution in [3.63, 3.8) is 0 Å². The first-order valence-corrected chi connectivity index (χ1v) is 16.0. The van der Waals surface area contributed by atoms with Crippen LogP contribution in [0, 0.1) is 29.1 Å². The summed E-state index contributed by atoms with van der Waals surface area (Å²) < 4.78 is 31.3. The summed E-state index contributed by atoms with van der Waals surface area (Å²) in [7, 11) is 6.37. The normalized spacial score (nSPS) is 49.1. The van der Waals surface area contributed by atoms with E-state index in [1.807, 2.05) is 6.92 Å². The molecule has 6 aliphatic rings. The van der Waals surface area contributed by atoms with Crippen LogP contribution >= 0.6 is 0 Å². The van der Waals surface area contributed by atoms with Crippen LogP contribution in [0.1, 0.15) is 43.5 Å². The van der Waals surface area contributed by atoms with Crippen molar-refractivity contribution in [3.05, 3.63) is 29.8 Å². The number of aliphatic hydroxyl groups excluding tert-OH is 1. The molecule has 1 aromatic carbocycles. The molecule has 5 saturated carbocycles. The van der Waals surface area contributed by atoms with Gasteiger partial charge in [0.15, 0.2) is 5.60 Å². The Balaban J connectivity index is 1.44. The van der Waals surface area contributed by atoms with Crippen molar-refractivity contribution in [2.24, 2.45) is 29.1 Å². The number of nitrogens with zero attached hydrogens (tertiary/aromatic N) is 1. The Kier molecular flexibility index (Phi) is 7.28. The van der Waals surface area contributed by atoms with Gasteiger partial charge in [-0.15, -0.1) is 0 Å². The topological polar surface area (TPSA) is 156 Å². The smallest absolute Gasteiger partial charge is 0.340 e. The number of hydrogen-bond donors (Lipinski definition) is 4. The number of hydrogen-bond acceptors (Lipinski definition) is 11. The van der Waals surface area contributed by atoms with Crippen LogP contribution in [0.25, 0.3) is 0 Å². The molecule has 14 atom stereocenters. The van der Waals surface area contributed by atoms with Crippen molar-refractivity contribution in [3.8, 4) is 0 Å². The highest BCUT2D eigenvalue weighted by Gasteiger charge is 2.90. The molecule has 1 spiro atoms. The minimum Gasteiger partial charge on any atom is -0.451 e. The van der Waals surface area contributed by atoms with Crippen molar-refractivity contribution < 1.29 is 48.6 Å². The van der Waals surface area contributed by atoms with Gasteiger partial charge in [0.25, 0.3) is 0 Å². The third-order valence-electron chi connectivity index (χ3n) is 12.9. The number of fused-ring (bicyclic) bond motifs is 2. The monoisotopic (exact) mass is 630 g/mol. The SMILES string of the molecule is CCN1C[C@]2(OC(=O)c3ccccc3NC(C)=O)C(O)C[C@H](OC)[C@@]34[C@@H]5C[C@@]6(O)[C@@H](OC)C[C@@](O)([C@H]5[C@H]6OC)[C@@H]([C@H](OC)[C@@H]32)[C@@H]14. The number of likely N-dealkylation sites (tertiary alicyclic amines) is 1. The van der Waals surface area contributed by atoms with Crippen molar-refractivity contribution in [1.29, 1.82) is 0 Å². The number of benzene rings is 1. The molecule has 1 saturated heterocycles. The quantitative estimate of drug-likeness (QED) is 0.302. The van der Waals surface area contributed by atoms with Crippen LogP contribution in [0.2, 0.25) is 0 Å². The number of aliphatic hydroxyl groups is 3. The summed E-state index contributed by atoms with van der Waals surface area (Å²) in [6.07, 6.45) is -2.95. The number of esters is 1. The van der Waals surface area contributed by atoms with E-state index in [0.717, 1.165) is 0 Å². The maximum absolute atomic E-state index is 14.2. The zero-order chi connectivity index (χ0) is 32.3. The molecule has 1 amide bonds. The average Bonchev–Trinajstić information content (AvgIpc) is 3.41. The minimum atomic E-state index is -1.45. The predicted octanol–water partition coefficient (Wildman–Crippen LogP) is 0.817. The lowest BCUT2D eigenvalue weighted by Crippen LogP contribution is -2.80. The number of ether oxygens (including phenoxy) is 5. The summed E-state index contributed by atoms with van der Waals surface area (Å²) in [5, 5.41) is 40.2. The molecule has 1 aliphatic heterocycles. The van der Waals surface area contributed by atoms with Crippen LogP contribution in [0.5, 0.6) is 0 Å². The summed E-state index contributed by atoms with van der Waals surface area (Å²) in [5.74, 6) is -2.88. The van der Waals surface area contributed by atoms with E-state index in [9.17, 15) is 24.9 Å². The van der Waals surface area contributed by atoms with Gasteiger partial charge in [0, 0.05) is 84.0 Å². The highest BCUT2D eigenvalue weighted by atomic mass is 16.6. The van der Waals surface area contributed by atoms with Crippen LogP contribution in [-0.2, 0) is 28.5 Å². The number of amides is 1. The zero-order valence-corrected chi connectivity index (χ0v) is 26.8. The maximum atomic E-state index is 14.2. The third kappa shape index (κ3) is 3.65. The number of likely N-dealkylation sites (N-methyl/N-ethyl adjacent to an activating group) is 1. The molecule has 1 unspecified atom stereocenters. The Bertz CT molecular complexity index is 1380. The summed E-state index contributed by atoms with van der Waals surface area (Å²) >= 11 is 0. The first-order chi connectivity index (χ1) is 21.4. The van der Waals surface area contributed by atoms with Crippen molar-refractivity contribution in [2.45, 2.75) is 86.5 Å². The van der Waals surface area contributed by atoms with E-state index >= 15 is 0 Å². The Hall–Kier alpha value is -2.16. The summed E-state index contributed by atoms with van der Waals surface area (Å²) in [5.41, 5.74) is -4.46. The number of piperidine rings is 1. The second kappa shape index (κ2) is 10.4. The summed E-state index contributed by atoms with van der Waals surface area (Å²) in [6.45, 7) is 4.17. The van der Waals surface area contributed by atoms with Gasteiger partial charge in [-0.1, -0.05) is 19.1 Å². The molecule has 7 bridgehead atoms. The van der Waals surface area contributed by atoms with Gasteiger partial charge in [-0.2, -0.15) is 0 Å². The molecule has 0 radical (unpaired) electrons. The van der Waals surface area contributed by atoms with Crippen LogP contribution < -0.4 is 5.32 Å². The standard InChI is InChI=1S/C33H46N2O10/c1-7-35-15-32(45-29(38)17-10-8-9-11-19(17)34-16(2)36)20(37)12-21(41-3)33-18-13-30(39)22(42-4)14-31(40,23(18)28(30)44-6)24(27(33)35)25(43-5)26(32)33/h8-11,18,20-28,37,39-40H,7,12-15H2,1-6H3,(H,34,36)/t18-,20?,21+,22+,23-,24+,25+,26-,27-,28-,30-,31-,32+,33+/m1/s1. The lowest BCUT2D eigenvalue weighted by molar-refractivity contribution is -0.307. The van der Waals surface area contributed by atoms with Crippen LogP contribution in [0.15, 0.2) is 24.3 Å². The van der Waals surface area contributed by atoms with E-state index < -0.39 is 76.5 Å². The fraction of sp³-hybridized carbons (Fsp3) is 0.758. The number of carbonyl (C=O) groups excluding carboxylic acids is 2. The van der Waals surface area contributed by atoms with E-state index in [1.54, 1.807) is 52.7 Å². The Morgan fingerprint density at radius 1 is 0.978 bits per heavy atom. The Morgan fingerprint density at radius 3 is 2.31 bits per heavy atom. The van der Waals surface area contributed by atoms with Crippen LogP contribution in [0.4, 0.5) is 5.69 Å². The second-order valence-corrected chi connectivity index (χ2v) is 14.2. The van der Waals surface area contributed by atoms with E-state index in [-0.39, 0.29) is 49.2 Å².